The minimum Gasteiger partial charge on any atom is -0.378 e. The monoisotopic (exact) mass is 367 g/mol. The molecular formula is C17H17N7OS. The molecule has 5 rings (SSSR count). The first-order chi connectivity index (χ1) is 12.8. The molecule has 0 unspecified atom stereocenters. The van der Waals surface area contributed by atoms with Gasteiger partial charge in [-0.25, -0.2) is 9.97 Å². The Morgan fingerprint density at radius 3 is 2.92 bits per heavy atom. The molecule has 0 aliphatic carbocycles. The van der Waals surface area contributed by atoms with Gasteiger partial charge in [0.15, 0.2) is 5.13 Å². The smallest absolute Gasteiger partial charge is 0.254 e. The Balaban J connectivity index is 1.48. The molecule has 0 spiro atoms. The van der Waals surface area contributed by atoms with Gasteiger partial charge in [0.2, 0.25) is 0 Å². The number of aryl methyl sites for hydroxylation is 1. The third kappa shape index (κ3) is 2.74. The molecule has 4 aromatic rings. The Morgan fingerprint density at radius 2 is 2.04 bits per heavy atom. The molecule has 0 amide bonds. The lowest BCUT2D eigenvalue weighted by Gasteiger charge is -2.25. The van der Waals surface area contributed by atoms with Crippen LogP contribution in [0.3, 0.4) is 0 Å². The number of nitrogens with one attached hydrogen (secondary N) is 1. The van der Waals surface area contributed by atoms with Crippen LogP contribution in [0.5, 0.6) is 0 Å². The van der Waals surface area contributed by atoms with Gasteiger partial charge < -0.3 is 15.0 Å². The largest absolute Gasteiger partial charge is 0.378 e. The number of nitrogens with zero attached hydrogens (tertiary/aromatic N) is 6. The Labute approximate surface area is 153 Å². The van der Waals surface area contributed by atoms with Crippen molar-refractivity contribution in [2.45, 2.75) is 6.92 Å². The average Bonchev–Trinajstić information content (AvgIpc) is 3.28. The molecule has 0 bridgehead atoms. The van der Waals surface area contributed by atoms with Gasteiger partial charge in [0, 0.05) is 30.5 Å². The van der Waals surface area contributed by atoms with Gasteiger partial charge in [0.05, 0.1) is 23.4 Å². The van der Waals surface area contributed by atoms with Crippen molar-refractivity contribution in [2.24, 2.45) is 0 Å². The lowest BCUT2D eigenvalue weighted by Crippen LogP contribution is -2.36. The summed E-state index contributed by atoms with van der Waals surface area (Å²) in [5, 5.41) is 8.71. The minimum atomic E-state index is 0.584. The van der Waals surface area contributed by atoms with Crippen LogP contribution in [-0.4, -0.2) is 50.9 Å². The summed E-state index contributed by atoms with van der Waals surface area (Å²) in [6.45, 7) is 5.26. The normalized spacial score (nSPS) is 15.0. The number of hydrogen-bond donors (Lipinski definition) is 1. The molecule has 0 atom stereocenters. The highest BCUT2D eigenvalue weighted by Crippen LogP contribution is 2.32. The highest BCUT2D eigenvalue weighted by atomic mass is 32.1. The highest BCUT2D eigenvalue weighted by Gasteiger charge is 2.15. The van der Waals surface area contributed by atoms with Crippen LogP contribution < -0.4 is 10.2 Å². The Morgan fingerprint density at radius 1 is 1.15 bits per heavy atom. The maximum absolute atomic E-state index is 5.43. The standard InChI is InChI=1S/C17H17N7OS/c1-11-8-15(24-16(20-11)18-10-19-24)21-12-2-3-13-14(9-12)26-17(22-13)23-4-6-25-7-5-23/h2-3,8-10,21H,4-7H2,1H3. The van der Waals surface area contributed by atoms with Gasteiger partial charge in [0.25, 0.3) is 5.78 Å². The maximum Gasteiger partial charge on any atom is 0.254 e. The summed E-state index contributed by atoms with van der Waals surface area (Å²) in [5.41, 5.74) is 2.89. The van der Waals surface area contributed by atoms with Crippen molar-refractivity contribution >= 4 is 44.0 Å². The molecule has 26 heavy (non-hydrogen) atoms. The van der Waals surface area contributed by atoms with E-state index in [1.54, 1.807) is 15.9 Å². The second-order valence-electron chi connectivity index (χ2n) is 6.16. The van der Waals surface area contributed by atoms with Crippen molar-refractivity contribution in [3.05, 3.63) is 36.3 Å². The first-order valence-electron chi connectivity index (χ1n) is 8.44. The molecule has 1 aromatic carbocycles. The second-order valence-corrected chi connectivity index (χ2v) is 7.17. The first kappa shape index (κ1) is 15.5. The van der Waals surface area contributed by atoms with Crippen molar-refractivity contribution in [3.8, 4) is 0 Å². The number of rotatable bonds is 3. The molecule has 132 valence electrons. The van der Waals surface area contributed by atoms with Gasteiger partial charge >= 0.3 is 0 Å². The molecule has 0 radical (unpaired) electrons. The molecule has 1 aliphatic heterocycles. The average molecular weight is 367 g/mol. The summed E-state index contributed by atoms with van der Waals surface area (Å²) in [6, 6.07) is 8.15. The van der Waals surface area contributed by atoms with Gasteiger partial charge in [-0.2, -0.15) is 14.6 Å². The number of anilines is 3. The fourth-order valence-electron chi connectivity index (χ4n) is 3.05. The quantitative estimate of drug-likeness (QED) is 0.596. The molecule has 9 heteroatoms. The van der Waals surface area contributed by atoms with Crippen molar-refractivity contribution in [2.75, 3.05) is 36.5 Å². The Bertz CT molecular complexity index is 1080. The van der Waals surface area contributed by atoms with Gasteiger partial charge in [-0.05, 0) is 25.1 Å². The van der Waals surface area contributed by atoms with E-state index in [4.69, 9.17) is 9.72 Å². The molecule has 1 aliphatic rings. The molecular weight excluding hydrogens is 350 g/mol. The zero-order chi connectivity index (χ0) is 17.5. The van der Waals surface area contributed by atoms with Crippen LogP contribution in [-0.2, 0) is 4.74 Å². The molecule has 3 aromatic heterocycles. The third-order valence-corrected chi connectivity index (χ3v) is 5.39. The summed E-state index contributed by atoms with van der Waals surface area (Å²) >= 11 is 1.71. The number of thiazole rings is 1. The van der Waals surface area contributed by atoms with Crippen molar-refractivity contribution in [1.29, 1.82) is 0 Å². The van der Waals surface area contributed by atoms with E-state index in [1.807, 2.05) is 25.1 Å². The first-order valence-corrected chi connectivity index (χ1v) is 9.26. The molecule has 1 N–H and O–H groups in total. The van der Waals surface area contributed by atoms with Gasteiger partial charge in [-0.1, -0.05) is 11.3 Å². The number of aromatic nitrogens is 5. The van der Waals surface area contributed by atoms with E-state index in [9.17, 15) is 0 Å². The third-order valence-electron chi connectivity index (χ3n) is 4.31. The molecule has 0 saturated carbocycles. The van der Waals surface area contributed by atoms with E-state index < -0.39 is 0 Å². The molecule has 1 saturated heterocycles. The van der Waals surface area contributed by atoms with Crippen LogP contribution in [0.15, 0.2) is 30.6 Å². The number of benzene rings is 1. The van der Waals surface area contributed by atoms with Gasteiger partial charge in [-0.3, -0.25) is 0 Å². The number of hydrogen-bond acceptors (Lipinski definition) is 8. The maximum atomic E-state index is 5.43. The van der Waals surface area contributed by atoms with Crippen LogP contribution in [0.1, 0.15) is 5.69 Å². The molecule has 1 fully saturated rings. The fraction of sp³-hybridized carbons (Fsp3) is 0.294. The fourth-order valence-corrected chi connectivity index (χ4v) is 4.10. The van der Waals surface area contributed by atoms with E-state index in [0.29, 0.717) is 5.78 Å². The van der Waals surface area contributed by atoms with Crippen LogP contribution in [0, 0.1) is 6.92 Å². The predicted octanol–water partition coefficient (Wildman–Crippen LogP) is 2.62. The zero-order valence-corrected chi connectivity index (χ0v) is 15.0. The van der Waals surface area contributed by atoms with E-state index in [-0.39, 0.29) is 0 Å². The van der Waals surface area contributed by atoms with Crippen LogP contribution in [0.25, 0.3) is 16.0 Å². The minimum absolute atomic E-state index is 0.584. The number of fused-ring (bicyclic) bond motifs is 2. The summed E-state index contributed by atoms with van der Waals surface area (Å²) in [7, 11) is 0. The summed E-state index contributed by atoms with van der Waals surface area (Å²) in [5.74, 6) is 1.42. The van der Waals surface area contributed by atoms with Crippen molar-refractivity contribution < 1.29 is 4.74 Å². The molecule has 8 nitrogen and oxygen atoms in total. The highest BCUT2D eigenvalue weighted by molar-refractivity contribution is 7.22. The topological polar surface area (TPSA) is 80.5 Å². The van der Waals surface area contributed by atoms with Crippen LogP contribution >= 0.6 is 11.3 Å². The van der Waals surface area contributed by atoms with E-state index in [1.165, 1.54) is 6.33 Å². The van der Waals surface area contributed by atoms with Gasteiger partial charge in [0.1, 0.15) is 12.1 Å². The van der Waals surface area contributed by atoms with Crippen LogP contribution in [0.4, 0.5) is 16.6 Å². The summed E-state index contributed by atoms with van der Waals surface area (Å²) < 4.78 is 8.27. The number of morpholine rings is 1. The molecule has 4 heterocycles. The predicted molar refractivity (Wildman–Crippen MR) is 101 cm³/mol. The van der Waals surface area contributed by atoms with E-state index >= 15 is 0 Å². The van der Waals surface area contributed by atoms with Gasteiger partial charge in [-0.15, -0.1) is 0 Å². The lowest BCUT2D eigenvalue weighted by molar-refractivity contribution is 0.122. The Hall–Kier alpha value is -2.78. The van der Waals surface area contributed by atoms with E-state index in [0.717, 1.165) is 58.9 Å². The van der Waals surface area contributed by atoms with E-state index in [2.05, 4.69) is 31.3 Å². The summed E-state index contributed by atoms with van der Waals surface area (Å²) in [4.78, 5) is 15.6. The second kappa shape index (κ2) is 6.19. The zero-order valence-electron chi connectivity index (χ0n) is 14.2. The SMILES string of the molecule is Cc1cc(Nc2ccc3nc(N4CCOCC4)sc3c2)n2ncnc2n1. The van der Waals surface area contributed by atoms with Crippen molar-refractivity contribution in [1.82, 2.24) is 24.6 Å². The summed E-state index contributed by atoms with van der Waals surface area (Å²) in [6.07, 6.45) is 1.51. The number of ether oxygens (including phenoxy) is 1. The van der Waals surface area contributed by atoms with Crippen LogP contribution in [0.2, 0.25) is 0 Å². The lowest BCUT2D eigenvalue weighted by atomic mass is 10.3. The Kier molecular flexibility index (Phi) is 3.68. The van der Waals surface area contributed by atoms with Crippen molar-refractivity contribution in [3.63, 3.8) is 0 Å².